The van der Waals surface area contributed by atoms with E-state index in [1.165, 1.54) is 6.07 Å². The van der Waals surface area contributed by atoms with Gasteiger partial charge in [0.15, 0.2) is 0 Å². The van der Waals surface area contributed by atoms with Gasteiger partial charge in [-0.1, -0.05) is 60.7 Å². The van der Waals surface area contributed by atoms with Crippen LogP contribution in [0.15, 0.2) is 115 Å². The van der Waals surface area contributed by atoms with E-state index in [1.54, 1.807) is 12.1 Å². The van der Waals surface area contributed by atoms with E-state index in [2.05, 4.69) is 0 Å². The molecule has 0 atom stereocenters. The second kappa shape index (κ2) is 8.27. The number of para-hydroxylation sites is 3. The topological polar surface area (TPSA) is 49.6 Å². The lowest BCUT2D eigenvalue weighted by Crippen LogP contribution is -2.35. The molecule has 0 aliphatic heterocycles. The molecule has 29 heavy (non-hydrogen) atoms. The second-order valence-electron chi connectivity index (χ2n) is 6.41. The van der Waals surface area contributed by atoms with Crippen LogP contribution in [0.5, 0.6) is 0 Å². The van der Waals surface area contributed by atoms with Crippen molar-refractivity contribution in [3.05, 3.63) is 125 Å². The van der Waals surface area contributed by atoms with Gasteiger partial charge in [0.05, 0.1) is 27.7 Å². The third-order valence-corrected chi connectivity index (χ3v) is 4.49. The summed E-state index contributed by atoms with van der Waals surface area (Å²) in [5.74, 6) is 0. The SMILES string of the molecule is O=[N+]([O-])c1cccc(N(c2ccccc2)N(c2ccccc2)c2ccccc2)c1. The molecule has 0 spiro atoms. The maximum absolute atomic E-state index is 11.4. The molecule has 0 aromatic heterocycles. The number of hydrogen-bond acceptors (Lipinski definition) is 4. The summed E-state index contributed by atoms with van der Waals surface area (Å²) >= 11 is 0. The van der Waals surface area contributed by atoms with E-state index in [9.17, 15) is 10.1 Å². The van der Waals surface area contributed by atoms with Gasteiger partial charge < -0.3 is 0 Å². The maximum Gasteiger partial charge on any atom is 0.271 e. The van der Waals surface area contributed by atoms with Crippen molar-refractivity contribution in [2.24, 2.45) is 0 Å². The number of hydrogen-bond donors (Lipinski definition) is 0. The number of nitro groups is 1. The van der Waals surface area contributed by atoms with Crippen LogP contribution in [0.1, 0.15) is 0 Å². The quantitative estimate of drug-likeness (QED) is 0.283. The third kappa shape index (κ3) is 3.94. The zero-order valence-electron chi connectivity index (χ0n) is 15.6. The first-order valence-electron chi connectivity index (χ1n) is 9.24. The Morgan fingerprint density at radius 2 is 0.897 bits per heavy atom. The van der Waals surface area contributed by atoms with Crippen LogP contribution < -0.4 is 10.0 Å². The molecule has 5 nitrogen and oxygen atoms in total. The fraction of sp³-hybridized carbons (Fsp3) is 0. The van der Waals surface area contributed by atoms with Gasteiger partial charge in [-0.25, -0.2) is 10.0 Å². The van der Waals surface area contributed by atoms with E-state index >= 15 is 0 Å². The molecular weight excluding hydrogens is 362 g/mol. The first-order chi connectivity index (χ1) is 14.2. The van der Waals surface area contributed by atoms with Crippen LogP contribution in [-0.2, 0) is 0 Å². The normalized spacial score (nSPS) is 10.3. The smallest absolute Gasteiger partial charge is 0.258 e. The highest BCUT2D eigenvalue weighted by molar-refractivity contribution is 5.78. The first kappa shape index (κ1) is 18.3. The first-order valence-corrected chi connectivity index (χ1v) is 9.24. The Morgan fingerprint density at radius 3 is 1.31 bits per heavy atom. The van der Waals surface area contributed by atoms with Gasteiger partial charge in [-0.3, -0.25) is 10.1 Å². The average molecular weight is 381 g/mol. The molecule has 0 saturated carbocycles. The molecule has 0 aliphatic carbocycles. The van der Waals surface area contributed by atoms with Gasteiger partial charge in [0.2, 0.25) is 0 Å². The molecule has 142 valence electrons. The number of non-ortho nitro benzene ring substituents is 1. The third-order valence-electron chi connectivity index (χ3n) is 4.49. The van der Waals surface area contributed by atoms with Crippen LogP contribution in [-0.4, -0.2) is 4.92 Å². The van der Waals surface area contributed by atoms with Crippen LogP contribution >= 0.6 is 0 Å². The fourth-order valence-electron chi connectivity index (χ4n) is 3.21. The summed E-state index contributed by atoms with van der Waals surface area (Å²) < 4.78 is 0. The Hall–Kier alpha value is -4.12. The standard InChI is InChI=1S/C24H19N3O2/c28-27(29)24-18-10-17-23(19-24)26(22-15-8-3-9-16-22)25(20-11-4-1-5-12-20)21-13-6-2-7-14-21/h1-19H. The summed E-state index contributed by atoms with van der Waals surface area (Å²) in [6.07, 6.45) is 0. The number of hydrazine groups is 1. The van der Waals surface area contributed by atoms with Crippen molar-refractivity contribution in [1.29, 1.82) is 0 Å². The van der Waals surface area contributed by atoms with Gasteiger partial charge in [-0.2, -0.15) is 0 Å². The average Bonchev–Trinajstić information content (AvgIpc) is 2.79. The molecule has 5 heteroatoms. The summed E-state index contributed by atoms with van der Waals surface area (Å²) in [6.45, 7) is 0. The second-order valence-corrected chi connectivity index (χ2v) is 6.41. The highest BCUT2D eigenvalue weighted by Crippen LogP contribution is 2.37. The van der Waals surface area contributed by atoms with Gasteiger partial charge in [0.25, 0.3) is 5.69 Å². The molecule has 4 rings (SSSR count). The Labute approximate surface area is 169 Å². The molecule has 0 saturated heterocycles. The van der Waals surface area contributed by atoms with Crippen LogP contribution in [0, 0.1) is 10.1 Å². The molecule has 4 aromatic rings. The van der Waals surface area contributed by atoms with E-state index in [0.717, 1.165) is 17.1 Å². The van der Waals surface area contributed by atoms with Crippen LogP contribution in [0.2, 0.25) is 0 Å². The minimum Gasteiger partial charge on any atom is -0.258 e. The van der Waals surface area contributed by atoms with Crippen LogP contribution in [0.4, 0.5) is 28.4 Å². The molecule has 0 heterocycles. The predicted molar refractivity (Wildman–Crippen MR) is 117 cm³/mol. The van der Waals surface area contributed by atoms with E-state index in [0.29, 0.717) is 5.69 Å². The minimum atomic E-state index is -0.373. The number of anilines is 4. The van der Waals surface area contributed by atoms with Crippen LogP contribution in [0.25, 0.3) is 0 Å². The Bertz CT molecular complexity index is 1050. The zero-order valence-corrected chi connectivity index (χ0v) is 15.6. The monoisotopic (exact) mass is 381 g/mol. The van der Waals surface area contributed by atoms with Gasteiger partial charge in [-0.15, -0.1) is 0 Å². The number of nitrogens with zero attached hydrogens (tertiary/aromatic N) is 3. The Kier molecular flexibility index (Phi) is 5.21. The Balaban J connectivity index is 1.95. The molecule has 0 N–H and O–H groups in total. The highest BCUT2D eigenvalue weighted by atomic mass is 16.6. The van der Waals surface area contributed by atoms with Crippen molar-refractivity contribution >= 4 is 28.4 Å². The Morgan fingerprint density at radius 1 is 0.517 bits per heavy atom. The lowest BCUT2D eigenvalue weighted by Gasteiger charge is -2.38. The van der Waals surface area contributed by atoms with E-state index in [4.69, 9.17) is 0 Å². The summed E-state index contributed by atoms with van der Waals surface area (Å²) in [5, 5.41) is 15.4. The van der Waals surface area contributed by atoms with Gasteiger partial charge >= 0.3 is 0 Å². The lowest BCUT2D eigenvalue weighted by molar-refractivity contribution is -0.384. The summed E-state index contributed by atoms with van der Waals surface area (Å²) in [5.41, 5.74) is 3.51. The van der Waals surface area contributed by atoms with E-state index < -0.39 is 0 Å². The fourth-order valence-corrected chi connectivity index (χ4v) is 3.21. The van der Waals surface area contributed by atoms with Gasteiger partial charge in [0, 0.05) is 12.1 Å². The van der Waals surface area contributed by atoms with E-state index in [1.807, 2.05) is 107 Å². The maximum atomic E-state index is 11.4. The minimum absolute atomic E-state index is 0.0458. The molecule has 0 radical (unpaired) electrons. The summed E-state index contributed by atoms with van der Waals surface area (Å²) in [6, 6.07) is 36.4. The van der Waals surface area contributed by atoms with Crippen molar-refractivity contribution in [2.45, 2.75) is 0 Å². The molecule has 0 aliphatic rings. The van der Waals surface area contributed by atoms with Crippen molar-refractivity contribution in [3.8, 4) is 0 Å². The number of nitro benzene ring substituents is 1. The summed E-state index contributed by atoms with van der Waals surface area (Å²) in [7, 11) is 0. The molecule has 0 unspecified atom stereocenters. The van der Waals surface area contributed by atoms with Gasteiger partial charge in [-0.05, 0) is 42.5 Å². The molecular formula is C24H19N3O2. The van der Waals surface area contributed by atoms with Crippen molar-refractivity contribution < 1.29 is 4.92 Å². The van der Waals surface area contributed by atoms with Crippen molar-refractivity contribution in [3.63, 3.8) is 0 Å². The van der Waals surface area contributed by atoms with Crippen molar-refractivity contribution in [2.75, 3.05) is 10.0 Å². The van der Waals surface area contributed by atoms with Crippen molar-refractivity contribution in [1.82, 2.24) is 0 Å². The predicted octanol–water partition coefficient (Wildman–Crippen LogP) is 6.49. The molecule has 4 aromatic carbocycles. The van der Waals surface area contributed by atoms with Crippen LogP contribution in [0.3, 0.4) is 0 Å². The largest absolute Gasteiger partial charge is 0.271 e. The molecule has 0 amide bonds. The number of rotatable bonds is 6. The summed E-state index contributed by atoms with van der Waals surface area (Å²) in [4.78, 5) is 11.0. The highest BCUT2D eigenvalue weighted by Gasteiger charge is 2.22. The van der Waals surface area contributed by atoms with Gasteiger partial charge in [0.1, 0.15) is 0 Å². The van der Waals surface area contributed by atoms with E-state index in [-0.39, 0.29) is 10.6 Å². The molecule has 0 bridgehead atoms. The number of benzene rings is 4. The lowest BCUT2D eigenvalue weighted by atomic mass is 10.2. The zero-order chi connectivity index (χ0) is 20.1. The molecule has 0 fully saturated rings.